The van der Waals surface area contributed by atoms with Crippen LogP contribution in [-0.2, 0) is 4.79 Å². The molecule has 2 fully saturated rings. The first kappa shape index (κ1) is 13.8. The molecule has 0 aromatic carbocycles. The minimum atomic E-state index is 0.118. The minimum Gasteiger partial charge on any atom is -0.355 e. The zero-order valence-corrected chi connectivity index (χ0v) is 11.7. The van der Waals surface area contributed by atoms with E-state index in [0.29, 0.717) is 6.54 Å². The van der Waals surface area contributed by atoms with Crippen molar-refractivity contribution in [2.45, 2.75) is 45.6 Å². The Kier molecular flexibility index (Phi) is 4.28. The maximum atomic E-state index is 11.9. The number of carbonyl (C=O) groups is 1. The molecule has 1 saturated heterocycles. The standard InChI is InChI=1S/C14H27N3O/c1-14(2)10-17(7-6-12(14)15)9-13(18)16-8-11-4-3-5-11/h11-12H,3-10,15H2,1-2H3,(H,16,18). The summed E-state index contributed by atoms with van der Waals surface area (Å²) in [6.07, 6.45) is 4.89. The summed E-state index contributed by atoms with van der Waals surface area (Å²) in [5.41, 5.74) is 6.22. The summed E-state index contributed by atoms with van der Waals surface area (Å²) in [5.74, 6) is 0.911. The average molecular weight is 253 g/mol. The van der Waals surface area contributed by atoms with Gasteiger partial charge >= 0.3 is 0 Å². The highest BCUT2D eigenvalue weighted by molar-refractivity contribution is 5.78. The maximum Gasteiger partial charge on any atom is 0.234 e. The molecular formula is C14H27N3O. The summed E-state index contributed by atoms with van der Waals surface area (Å²) < 4.78 is 0. The molecule has 1 aliphatic carbocycles. The van der Waals surface area contributed by atoms with Gasteiger partial charge in [0.25, 0.3) is 0 Å². The quantitative estimate of drug-likeness (QED) is 0.784. The Labute approximate surface area is 110 Å². The topological polar surface area (TPSA) is 58.4 Å². The molecule has 0 spiro atoms. The number of amides is 1. The molecule has 104 valence electrons. The zero-order chi connectivity index (χ0) is 13.2. The van der Waals surface area contributed by atoms with Crippen LogP contribution in [0.25, 0.3) is 0 Å². The van der Waals surface area contributed by atoms with E-state index in [-0.39, 0.29) is 17.4 Å². The summed E-state index contributed by atoms with van der Waals surface area (Å²) in [6, 6.07) is 0.256. The van der Waals surface area contributed by atoms with E-state index in [2.05, 4.69) is 24.1 Å². The number of nitrogens with one attached hydrogen (secondary N) is 1. The second-order valence-electron chi connectivity index (χ2n) is 6.70. The van der Waals surface area contributed by atoms with E-state index in [0.717, 1.165) is 32.0 Å². The predicted octanol–water partition coefficient (Wildman–Crippen LogP) is 0.962. The third-order valence-corrected chi connectivity index (χ3v) is 4.57. The van der Waals surface area contributed by atoms with Gasteiger partial charge in [-0.25, -0.2) is 0 Å². The number of nitrogens with zero attached hydrogens (tertiary/aromatic N) is 1. The summed E-state index contributed by atoms with van der Waals surface area (Å²) in [6.45, 7) is 7.65. The smallest absolute Gasteiger partial charge is 0.234 e. The third kappa shape index (κ3) is 3.45. The first-order chi connectivity index (χ1) is 8.47. The van der Waals surface area contributed by atoms with Gasteiger partial charge in [0, 0.05) is 25.7 Å². The van der Waals surface area contributed by atoms with E-state index in [1.807, 2.05) is 0 Å². The lowest BCUT2D eigenvalue weighted by Crippen LogP contribution is -2.54. The zero-order valence-electron chi connectivity index (χ0n) is 11.7. The molecule has 1 saturated carbocycles. The SMILES string of the molecule is CC1(C)CN(CC(=O)NCC2CCC2)CCC1N. The Hall–Kier alpha value is -0.610. The van der Waals surface area contributed by atoms with Gasteiger partial charge < -0.3 is 11.1 Å². The number of hydrogen-bond donors (Lipinski definition) is 2. The van der Waals surface area contributed by atoms with Gasteiger partial charge in [-0.2, -0.15) is 0 Å². The second kappa shape index (κ2) is 5.57. The molecule has 2 aliphatic rings. The highest BCUT2D eigenvalue weighted by Crippen LogP contribution is 2.27. The van der Waals surface area contributed by atoms with Crippen molar-refractivity contribution in [2.24, 2.45) is 17.1 Å². The van der Waals surface area contributed by atoms with Crippen molar-refractivity contribution < 1.29 is 4.79 Å². The van der Waals surface area contributed by atoms with Gasteiger partial charge in [-0.05, 0) is 30.6 Å². The van der Waals surface area contributed by atoms with Gasteiger partial charge in [-0.3, -0.25) is 9.69 Å². The van der Waals surface area contributed by atoms with E-state index in [9.17, 15) is 4.79 Å². The Morgan fingerprint density at radius 2 is 2.11 bits per heavy atom. The number of carbonyl (C=O) groups excluding carboxylic acids is 1. The van der Waals surface area contributed by atoms with Crippen LogP contribution in [0.1, 0.15) is 39.5 Å². The van der Waals surface area contributed by atoms with Crippen LogP contribution in [0.2, 0.25) is 0 Å². The summed E-state index contributed by atoms with van der Waals surface area (Å²) in [7, 11) is 0. The fourth-order valence-electron chi connectivity index (χ4n) is 2.83. The number of hydrogen-bond acceptors (Lipinski definition) is 3. The Balaban J connectivity index is 1.70. The molecular weight excluding hydrogens is 226 g/mol. The molecule has 3 N–H and O–H groups in total. The van der Waals surface area contributed by atoms with Gasteiger partial charge in [0.2, 0.25) is 5.91 Å². The number of rotatable bonds is 4. The molecule has 4 heteroatoms. The van der Waals surface area contributed by atoms with Crippen LogP contribution in [0.4, 0.5) is 0 Å². The Morgan fingerprint density at radius 3 is 2.67 bits per heavy atom. The fraction of sp³-hybridized carbons (Fsp3) is 0.929. The lowest BCUT2D eigenvalue weighted by atomic mass is 9.80. The van der Waals surface area contributed by atoms with E-state index in [1.54, 1.807) is 0 Å². The number of nitrogens with two attached hydrogens (primary N) is 1. The van der Waals surface area contributed by atoms with Gasteiger partial charge in [0.1, 0.15) is 0 Å². The molecule has 1 unspecified atom stereocenters. The fourth-order valence-corrected chi connectivity index (χ4v) is 2.83. The molecule has 18 heavy (non-hydrogen) atoms. The normalized spacial score (nSPS) is 28.7. The van der Waals surface area contributed by atoms with Crippen LogP contribution in [0.3, 0.4) is 0 Å². The molecule has 0 bridgehead atoms. The van der Waals surface area contributed by atoms with Crippen LogP contribution in [0.15, 0.2) is 0 Å². The van der Waals surface area contributed by atoms with Crippen molar-refractivity contribution in [3.05, 3.63) is 0 Å². The average Bonchev–Trinajstić information content (AvgIpc) is 2.21. The van der Waals surface area contributed by atoms with E-state index in [1.165, 1.54) is 19.3 Å². The molecule has 1 heterocycles. The predicted molar refractivity (Wildman–Crippen MR) is 73.2 cm³/mol. The Morgan fingerprint density at radius 1 is 1.39 bits per heavy atom. The summed E-state index contributed by atoms with van der Waals surface area (Å²) in [4.78, 5) is 14.1. The Bertz CT molecular complexity index is 299. The highest BCUT2D eigenvalue weighted by atomic mass is 16.2. The number of likely N-dealkylation sites (tertiary alicyclic amines) is 1. The van der Waals surface area contributed by atoms with Gasteiger partial charge in [-0.1, -0.05) is 20.3 Å². The van der Waals surface area contributed by atoms with Crippen LogP contribution in [0.5, 0.6) is 0 Å². The molecule has 2 rings (SSSR count). The molecule has 0 radical (unpaired) electrons. The monoisotopic (exact) mass is 253 g/mol. The molecule has 1 amide bonds. The van der Waals surface area contributed by atoms with Crippen molar-refractivity contribution in [3.63, 3.8) is 0 Å². The van der Waals surface area contributed by atoms with Crippen molar-refractivity contribution in [2.75, 3.05) is 26.2 Å². The number of piperidine rings is 1. The molecule has 0 aromatic heterocycles. The lowest BCUT2D eigenvalue weighted by Gasteiger charge is -2.42. The maximum absolute atomic E-state index is 11.9. The summed E-state index contributed by atoms with van der Waals surface area (Å²) >= 11 is 0. The molecule has 4 nitrogen and oxygen atoms in total. The highest BCUT2D eigenvalue weighted by Gasteiger charge is 2.33. The largest absolute Gasteiger partial charge is 0.355 e. The van der Waals surface area contributed by atoms with Crippen LogP contribution < -0.4 is 11.1 Å². The second-order valence-corrected chi connectivity index (χ2v) is 6.70. The van der Waals surface area contributed by atoms with E-state index < -0.39 is 0 Å². The van der Waals surface area contributed by atoms with Crippen molar-refractivity contribution in [3.8, 4) is 0 Å². The van der Waals surface area contributed by atoms with E-state index >= 15 is 0 Å². The molecule has 1 aliphatic heterocycles. The first-order valence-corrected chi connectivity index (χ1v) is 7.22. The van der Waals surface area contributed by atoms with Gasteiger partial charge in [-0.15, -0.1) is 0 Å². The van der Waals surface area contributed by atoms with Crippen LogP contribution >= 0.6 is 0 Å². The van der Waals surface area contributed by atoms with Crippen LogP contribution in [0, 0.1) is 11.3 Å². The third-order valence-electron chi connectivity index (χ3n) is 4.57. The summed E-state index contributed by atoms with van der Waals surface area (Å²) in [5, 5.41) is 3.06. The van der Waals surface area contributed by atoms with Gasteiger partial charge in [0.05, 0.1) is 6.54 Å². The molecule has 1 atom stereocenters. The molecule has 0 aromatic rings. The van der Waals surface area contributed by atoms with E-state index in [4.69, 9.17) is 5.73 Å². The van der Waals surface area contributed by atoms with Crippen molar-refractivity contribution >= 4 is 5.91 Å². The van der Waals surface area contributed by atoms with Gasteiger partial charge in [0.15, 0.2) is 0 Å². The first-order valence-electron chi connectivity index (χ1n) is 7.22. The van der Waals surface area contributed by atoms with Crippen molar-refractivity contribution in [1.82, 2.24) is 10.2 Å². The lowest BCUT2D eigenvalue weighted by molar-refractivity contribution is -0.123. The van der Waals surface area contributed by atoms with Crippen molar-refractivity contribution in [1.29, 1.82) is 0 Å². The van der Waals surface area contributed by atoms with Crippen LogP contribution in [-0.4, -0.2) is 43.0 Å². The minimum absolute atomic E-state index is 0.118.